The van der Waals surface area contributed by atoms with Gasteiger partial charge in [-0.25, -0.2) is 0 Å². The highest BCUT2D eigenvalue weighted by molar-refractivity contribution is 8.76. The SMILES string of the molecule is CCOC(=O)C(N)CSSC[C@@H](N)C(=O)O. The van der Waals surface area contributed by atoms with Crippen molar-refractivity contribution in [1.29, 1.82) is 0 Å². The number of ether oxygens (including phenoxy) is 1. The van der Waals surface area contributed by atoms with E-state index in [1.165, 1.54) is 21.6 Å². The summed E-state index contributed by atoms with van der Waals surface area (Å²) in [7, 11) is 2.59. The summed E-state index contributed by atoms with van der Waals surface area (Å²) in [6.45, 7) is 2.01. The third-order valence-electron chi connectivity index (χ3n) is 1.49. The molecule has 1 unspecified atom stereocenters. The number of carbonyl (C=O) groups excluding carboxylic acids is 1. The molecular formula is C8H16N2O4S2. The molecule has 0 rings (SSSR count). The number of carbonyl (C=O) groups is 2. The number of hydrogen-bond acceptors (Lipinski definition) is 7. The Labute approximate surface area is 102 Å². The molecule has 16 heavy (non-hydrogen) atoms. The molecule has 2 atom stereocenters. The highest BCUT2D eigenvalue weighted by Gasteiger charge is 2.16. The number of hydrogen-bond donors (Lipinski definition) is 3. The van der Waals surface area contributed by atoms with Crippen LogP contribution in [0.1, 0.15) is 6.92 Å². The van der Waals surface area contributed by atoms with Crippen LogP contribution in [0.2, 0.25) is 0 Å². The Morgan fingerprint density at radius 3 is 2.19 bits per heavy atom. The lowest BCUT2D eigenvalue weighted by Gasteiger charge is -2.10. The van der Waals surface area contributed by atoms with Crippen LogP contribution in [0, 0.1) is 0 Å². The second-order valence-electron chi connectivity index (χ2n) is 2.87. The number of carboxylic acid groups (broad SMARTS) is 1. The second kappa shape index (κ2) is 8.68. The molecule has 0 fully saturated rings. The Hall–Kier alpha value is -0.440. The van der Waals surface area contributed by atoms with Crippen LogP contribution in [0.15, 0.2) is 0 Å². The Balaban J connectivity index is 3.58. The Morgan fingerprint density at radius 1 is 1.25 bits per heavy atom. The maximum Gasteiger partial charge on any atom is 0.323 e. The molecule has 8 heteroatoms. The molecule has 0 aromatic heterocycles. The minimum atomic E-state index is -1.04. The fourth-order valence-corrected chi connectivity index (χ4v) is 2.85. The van der Waals surface area contributed by atoms with E-state index in [9.17, 15) is 9.59 Å². The van der Waals surface area contributed by atoms with E-state index < -0.39 is 24.0 Å². The Kier molecular flexibility index (Phi) is 8.44. The van der Waals surface area contributed by atoms with Crippen molar-refractivity contribution in [3.8, 4) is 0 Å². The van der Waals surface area contributed by atoms with Crippen molar-refractivity contribution in [2.24, 2.45) is 11.5 Å². The summed E-state index contributed by atoms with van der Waals surface area (Å²) in [5.41, 5.74) is 10.8. The molecule has 0 aliphatic heterocycles. The second-order valence-corrected chi connectivity index (χ2v) is 5.42. The molecule has 0 spiro atoms. The van der Waals surface area contributed by atoms with Crippen LogP contribution in [0.25, 0.3) is 0 Å². The quantitative estimate of drug-likeness (QED) is 0.311. The summed E-state index contributed by atoms with van der Waals surface area (Å²) in [5, 5.41) is 8.50. The van der Waals surface area contributed by atoms with Crippen LogP contribution < -0.4 is 11.5 Å². The van der Waals surface area contributed by atoms with Gasteiger partial charge in [0.15, 0.2) is 0 Å². The molecule has 6 nitrogen and oxygen atoms in total. The topological polar surface area (TPSA) is 116 Å². The van der Waals surface area contributed by atoms with Gasteiger partial charge in [0.05, 0.1) is 6.61 Å². The normalized spacial score (nSPS) is 14.2. The smallest absolute Gasteiger partial charge is 0.323 e. The van der Waals surface area contributed by atoms with E-state index in [2.05, 4.69) is 0 Å². The van der Waals surface area contributed by atoms with Crippen molar-refractivity contribution in [2.45, 2.75) is 19.0 Å². The first-order chi connectivity index (χ1) is 7.49. The van der Waals surface area contributed by atoms with E-state index >= 15 is 0 Å². The maximum atomic E-state index is 11.1. The standard InChI is InChI=1S/C8H16N2O4S2/c1-2-14-8(13)6(10)4-16-15-3-5(9)7(11)12/h5-6H,2-4,9-10H2,1H3,(H,11,12)/t5-,6?/m1/s1. The van der Waals surface area contributed by atoms with Crippen LogP contribution in [-0.4, -0.2) is 47.2 Å². The Bertz CT molecular complexity index is 240. The van der Waals surface area contributed by atoms with Gasteiger partial charge in [0.1, 0.15) is 12.1 Å². The third-order valence-corrected chi connectivity index (χ3v) is 3.96. The van der Waals surface area contributed by atoms with E-state index in [1.807, 2.05) is 0 Å². The highest BCUT2D eigenvalue weighted by Crippen LogP contribution is 2.22. The molecule has 0 saturated carbocycles. The van der Waals surface area contributed by atoms with Gasteiger partial charge in [0.2, 0.25) is 0 Å². The fourth-order valence-electron chi connectivity index (χ4n) is 0.631. The van der Waals surface area contributed by atoms with Gasteiger partial charge in [-0.1, -0.05) is 21.6 Å². The van der Waals surface area contributed by atoms with Crippen LogP contribution >= 0.6 is 21.6 Å². The number of aliphatic carboxylic acids is 1. The van der Waals surface area contributed by atoms with E-state index in [1.54, 1.807) is 6.92 Å². The summed E-state index contributed by atoms with van der Waals surface area (Å²) in [5.74, 6) is -0.841. The molecule has 0 aliphatic rings. The zero-order valence-electron chi connectivity index (χ0n) is 8.92. The molecule has 0 bridgehead atoms. The molecule has 0 aliphatic carbocycles. The lowest BCUT2D eigenvalue weighted by molar-refractivity contribution is -0.144. The Morgan fingerprint density at radius 2 is 1.75 bits per heavy atom. The zero-order valence-corrected chi connectivity index (χ0v) is 10.6. The molecular weight excluding hydrogens is 252 g/mol. The average molecular weight is 268 g/mol. The molecule has 0 radical (unpaired) electrons. The monoisotopic (exact) mass is 268 g/mol. The van der Waals surface area contributed by atoms with E-state index in [0.29, 0.717) is 12.4 Å². The molecule has 94 valence electrons. The predicted octanol–water partition coefficient (Wildman–Crippen LogP) is -0.330. The minimum Gasteiger partial charge on any atom is -0.480 e. The van der Waals surface area contributed by atoms with Crippen LogP contribution in [0.5, 0.6) is 0 Å². The summed E-state index contributed by atoms with van der Waals surface area (Å²) in [6, 6.07) is -1.57. The van der Waals surface area contributed by atoms with Gasteiger partial charge >= 0.3 is 11.9 Å². The van der Waals surface area contributed by atoms with Crippen LogP contribution in [-0.2, 0) is 14.3 Å². The minimum absolute atomic E-state index is 0.273. The maximum absolute atomic E-state index is 11.1. The predicted molar refractivity (Wildman–Crippen MR) is 65.1 cm³/mol. The van der Waals surface area contributed by atoms with Crippen LogP contribution in [0.4, 0.5) is 0 Å². The van der Waals surface area contributed by atoms with Gasteiger partial charge in [0.25, 0.3) is 0 Å². The molecule has 0 amide bonds. The molecule has 0 heterocycles. The van der Waals surface area contributed by atoms with E-state index in [-0.39, 0.29) is 5.75 Å². The molecule has 0 aromatic rings. The summed E-state index contributed by atoms with van der Waals surface area (Å²) in [4.78, 5) is 21.5. The van der Waals surface area contributed by atoms with Crippen LogP contribution in [0.3, 0.4) is 0 Å². The highest BCUT2D eigenvalue weighted by atomic mass is 33.1. The third kappa shape index (κ3) is 6.94. The lowest BCUT2D eigenvalue weighted by Crippen LogP contribution is -2.35. The average Bonchev–Trinajstić information content (AvgIpc) is 2.23. The lowest BCUT2D eigenvalue weighted by atomic mass is 10.4. The van der Waals surface area contributed by atoms with E-state index in [4.69, 9.17) is 21.3 Å². The van der Waals surface area contributed by atoms with Gasteiger partial charge < -0.3 is 21.3 Å². The number of esters is 1. The summed E-state index contributed by atoms with van der Waals surface area (Å²) in [6.07, 6.45) is 0. The van der Waals surface area contributed by atoms with Gasteiger partial charge in [-0.3, -0.25) is 9.59 Å². The van der Waals surface area contributed by atoms with Crippen molar-refractivity contribution in [3.63, 3.8) is 0 Å². The van der Waals surface area contributed by atoms with Crippen molar-refractivity contribution in [3.05, 3.63) is 0 Å². The van der Waals surface area contributed by atoms with Crippen molar-refractivity contribution >= 4 is 33.5 Å². The summed E-state index contributed by atoms with van der Waals surface area (Å²) >= 11 is 0. The largest absolute Gasteiger partial charge is 0.480 e. The van der Waals surface area contributed by atoms with E-state index in [0.717, 1.165) is 0 Å². The summed E-state index contributed by atoms with van der Waals surface area (Å²) < 4.78 is 4.71. The number of rotatable bonds is 8. The number of nitrogens with two attached hydrogens (primary N) is 2. The molecule has 0 aromatic carbocycles. The van der Waals surface area contributed by atoms with Gasteiger partial charge in [-0.15, -0.1) is 0 Å². The molecule has 5 N–H and O–H groups in total. The molecule has 0 saturated heterocycles. The van der Waals surface area contributed by atoms with Gasteiger partial charge in [0, 0.05) is 11.5 Å². The van der Waals surface area contributed by atoms with Crippen molar-refractivity contribution in [2.75, 3.05) is 18.1 Å². The van der Waals surface area contributed by atoms with Gasteiger partial charge in [-0.2, -0.15) is 0 Å². The first-order valence-electron chi connectivity index (χ1n) is 4.64. The van der Waals surface area contributed by atoms with Gasteiger partial charge in [-0.05, 0) is 6.92 Å². The fraction of sp³-hybridized carbons (Fsp3) is 0.750. The first-order valence-corrected chi connectivity index (χ1v) is 7.12. The zero-order chi connectivity index (χ0) is 12.6. The van der Waals surface area contributed by atoms with Crippen molar-refractivity contribution in [1.82, 2.24) is 0 Å². The van der Waals surface area contributed by atoms with Crippen molar-refractivity contribution < 1.29 is 19.4 Å². The number of carboxylic acids is 1. The first kappa shape index (κ1) is 15.6.